The van der Waals surface area contributed by atoms with Crippen molar-refractivity contribution in [1.82, 2.24) is 10.2 Å². The number of nitrogens with zero attached hydrogens (tertiary/aromatic N) is 1. The van der Waals surface area contributed by atoms with Crippen LogP contribution in [0.5, 0.6) is 11.5 Å². The Morgan fingerprint density at radius 1 is 1.25 bits per heavy atom. The highest BCUT2D eigenvalue weighted by atomic mass is 16.5. The average molecular weight is 280 g/mol. The number of likely N-dealkylation sites (N-methyl/N-ethyl adjacent to an activating group) is 1. The molecule has 0 spiro atoms. The monoisotopic (exact) mass is 280 g/mol. The van der Waals surface area contributed by atoms with E-state index in [9.17, 15) is 0 Å². The first-order valence-electron chi connectivity index (χ1n) is 7.09. The Morgan fingerprint density at radius 3 is 2.50 bits per heavy atom. The van der Waals surface area contributed by atoms with E-state index in [1.807, 2.05) is 19.1 Å². The molecule has 0 bridgehead atoms. The summed E-state index contributed by atoms with van der Waals surface area (Å²) in [6.07, 6.45) is 0. The van der Waals surface area contributed by atoms with Gasteiger partial charge in [0.05, 0.1) is 13.7 Å². The van der Waals surface area contributed by atoms with Crippen molar-refractivity contribution in [3.63, 3.8) is 0 Å². The van der Waals surface area contributed by atoms with Crippen LogP contribution in [-0.4, -0.2) is 44.8 Å². The molecular formula is C16H28N2O2. The van der Waals surface area contributed by atoms with Gasteiger partial charge in [-0.15, -0.1) is 0 Å². The summed E-state index contributed by atoms with van der Waals surface area (Å²) in [4.78, 5) is 2.22. The lowest BCUT2D eigenvalue weighted by Crippen LogP contribution is -2.46. The number of hydrogen-bond donors (Lipinski definition) is 1. The molecular weight excluding hydrogens is 252 g/mol. The van der Waals surface area contributed by atoms with Gasteiger partial charge in [0.1, 0.15) is 0 Å². The van der Waals surface area contributed by atoms with Gasteiger partial charge in [-0.25, -0.2) is 0 Å². The molecule has 0 unspecified atom stereocenters. The van der Waals surface area contributed by atoms with E-state index < -0.39 is 0 Å². The van der Waals surface area contributed by atoms with Gasteiger partial charge in [-0.05, 0) is 40.9 Å². The standard InChI is InChI=1S/C16H28N2O2/c1-7-20-14-10-8-9-13(15(14)19-6)11-17-12-16(2,3)18(4)5/h8-10,17H,7,11-12H2,1-6H3. The highest BCUT2D eigenvalue weighted by Crippen LogP contribution is 2.30. The number of nitrogens with one attached hydrogen (secondary N) is 1. The molecule has 114 valence electrons. The van der Waals surface area contributed by atoms with Crippen LogP contribution in [0.2, 0.25) is 0 Å². The first-order chi connectivity index (χ1) is 9.42. The summed E-state index contributed by atoms with van der Waals surface area (Å²) >= 11 is 0. The molecule has 1 aromatic rings. The van der Waals surface area contributed by atoms with Crippen molar-refractivity contribution in [2.45, 2.75) is 32.9 Å². The fourth-order valence-corrected chi connectivity index (χ4v) is 1.86. The van der Waals surface area contributed by atoms with Crippen molar-refractivity contribution in [3.05, 3.63) is 23.8 Å². The Morgan fingerprint density at radius 2 is 1.95 bits per heavy atom. The zero-order valence-corrected chi connectivity index (χ0v) is 13.6. The Bertz CT molecular complexity index is 417. The van der Waals surface area contributed by atoms with E-state index in [2.05, 4.69) is 44.2 Å². The molecule has 0 aliphatic heterocycles. The van der Waals surface area contributed by atoms with Crippen molar-refractivity contribution in [1.29, 1.82) is 0 Å². The maximum atomic E-state index is 5.59. The quantitative estimate of drug-likeness (QED) is 0.793. The van der Waals surface area contributed by atoms with Gasteiger partial charge in [0.2, 0.25) is 0 Å². The van der Waals surface area contributed by atoms with Gasteiger partial charge in [-0.3, -0.25) is 0 Å². The third kappa shape index (κ3) is 4.39. The third-order valence-corrected chi connectivity index (χ3v) is 3.65. The van der Waals surface area contributed by atoms with E-state index in [0.29, 0.717) is 6.61 Å². The Kier molecular flexibility index (Phi) is 6.30. The molecule has 0 aromatic heterocycles. The number of rotatable bonds is 8. The zero-order valence-electron chi connectivity index (χ0n) is 13.6. The number of hydrogen-bond acceptors (Lipinski definition) is 4. The smallest absolute Gasteiger partial charge is 0.165 e. The summed E-state index contributed by atoms with van der Waals surface area (Å²) in [5.41, 5.74) is 1.23. The topological polar surface area (TPSA) is 33.7 Å². The fraction of sp³-hybridized carbons (Fsp3) is 0.625. The summed E-state index contributed by atoms with van der Waals surface area (Å²) in [6, 6.07) is 6.01. The molecule has 0 saturated carbocycles. The van der Waals surface area contributed by atoms with Gasteiger partial charge in [-0.2, -0.15) is 0 Å². The van der Waals surface area contributed by atoms with Crippen LogP contribution in [0.4, 0.5) is 0 Å². The number of para-hydroxylation sites is 1. The number of methoxy groups -OCH3 is 1. The minimum Gasteiger partial charge on any atom is -0.493 e. The lowest BCUT2D eigenvalue weighted by molar-refractivity contribution is 0.189. The second-order valence-corrected chi connectivity index (χ2v) is 5.69. The van der Waals surface area contributed by atoms with E-state index in [1.54, 1.807) is 7.11 Å². The molecule has 0 amide bonds. The van der Waals surface area contributed by atoms with E-state index in [1.165, 1.54) is 0 Å². The van der Waals surface area contributed by atoms with Crippen LogP contribution in [0, 0.1) is 0 Å². The van der Waals surface area contributed by atoms with Crippen LogP contribution in [0.1, 0.15) is 26.3 Å². The van der Waals surface area contributed by atoms with Crippen molar-refractivity contribution < 1.29 is 9.47 Å². The molecule has 4 nitrogen and oxygen atoms in total. The fourth-order valence-electron chi connectivity index (χ4n) is 1.86. The van der Waals surface area contributed by atoms with Crippen LogP contribution in [0.3, 0.4) is 0 Å². The number of ether oxygens (including phenoxy) is 2. The van der Waals surface area contributed by atoms with Crippen molar-refractivity contribution in [2.24, 2.45) is 0 Å². The van der Waals surface area contributed by atoms with Crippen LogP contribution in [-0.2, 0) is 6.54 Å². The minimum atomic E-state index is 0.116. The molecule has 20 heavy (non-hydrogen) atoms. The Labute approximate surface area is 123 Å². The van der Waals surface area contributed by atoms with Gasteiger partial charge >= 0.3 is 0 Å². The maximum absolute atomic E-state index is 5.59. The second-order valence-electron chi connectivity index (χ2n) is 5.69. The lowest BCUT2D eigenvalue weighted by Gasteiger charge is -2.32. The second kappa shape index (κ2) is 7.50. The van der Waals surface area contributed by atoms with Crippen LogP contribution in [0.15, 0.2) is 18.2 Å². The molecule has 0 saturated heterocycles. The highest BCUT2D eigenvalue weighted by Gasteiger charge is 2.20. The van der Waals surface area contributed by atoms with Crippen molar-refractivity contribution in [2.75, 3.05) is 34.4 Å². The molecule has 0 aliphatic carbocycles. The van der Waals surface area contributed by atoms with E-state index >= 15 is 0 Å². The van der Waals surface area contributed by atoms with Gasteiger partial charge in [0.15, 0.2) is 11.5 Å². The normalized spacial score (nSPS) is 11.8. The van der Waals surface area contributed by atoms with Crippen LogP contribution >= 0.6 is 0 Å². The Hall–Kier alpha value is -1.26. The summed E-state index contributed by atoms with van der Waals surface area (Å²) < 4.78 is 11.1. The van der Waals surface area contributed by atoms with Crippen molar-refractivity contribution in [3.8, 4) is 11.5 Å². The predicted molar refractivity (Wildman–Crippen MR) is 83.6 cm³/mol. The lowest BCUT2D eigenvalue weighted by atomic mass is 10.0. The third-order valence-electron chi connectivity index (χ3n) is 3.65. The molecule has 0 heterocycles. The first kappa shape index (κ1) is 16.8. The molecule has 0 aliphatic rings. The Balaban J connectivity index is 2.71. The molecule has 1 N–H and O–H groups in total. The largest absolute Gasteiger partial charge is 0.493 e. The molecule has 0 radical (unpaired) electrons. The molecule has 4 heteroatoms. The van der Waals surface area contributed by atoms with E-state index in [0.717, 1.165) is 30.2 Å². The highest BCUT2D eigenvalue weighted by molar-refractivity contribution is 5.46. The van der Waals surface area contributed by atoms with Gasteiger partial charge in [0, 0.05) is 24.2 Å². The molecule has 1 rings (SSSR count). The maximum Gasteiger partial charge on any atom is 0.165 e. The number of benzene rings is 1. The van der Waals surface area contributed by atoms with Crippen molar-refractivity contribution >= 4 is 0 Å². The minimum absolute atomic E-state index is 0.116. The summed E-state index contributed by atoms with van der Waals surface area (Å²) in [7, 11) is 5.88. The summed E-state index contributed by atoms with van der Waals surface area (Å²) in [5.74, 6) is 1.63. The predicted octanol–water partition coefficient (Wildman–Crippen LogP) is 2.52. The SMILES string of the molecule is CCOc1cccc(CNCC(C)(C)N(C)C)c1OC. The molecule has 1 aromatic carbocycles. The van der Waals surface area contributed by atoms with Gasteiger partial charge < -0.3 is 19.7 Å². The zero-order chi connectivity index (χ0) is 15.2. The van der Waals surface area contributed by atoms with E-state index in [-0.39, 0.29) is 5.54 Å². The summed E-state index contributed by atoms with van der Waals surface area (Å²) in [6.45, 7) is 8.72. The first-order valence-corrected chi connectivity index (χ1v) is 7.09. The van der Waals surface area contributed by atoms with Crippen LogP contribution < -0.4 is 14.8 Å². The van der Waals surface area contributed by atoms with Crippen LogP contribution in [0.25, 0.3) is 0 Å². The molecule has 0 atom stereocenters. The average Bonchev–Trinajstić information content (AvgIpc) is 2.39. The summed E-state index contributed by atoms with van der Waals surface area (Å²) in [5, 5.41) is 3.49. The van der Waals surface area contributed by atoms with Gasteiger partial charge in [-0.1, -0.05) is 12.1 Å². The van der Waals surface area contributed by atoms with E-state index in [4.69, 9.17) is 9.47 Å². The molecule has 0 fully saturated rings. The van der Waals surface area contributed by atoms with Gasteiger partial charge in [0.25, 0.3) is 0 Å².